The van der Waals surface area contributed by atoms with Gasteiger partial charge in [-0.1, -0.05) is 78.3 Å². The van der Waals surface area contributed by atoms with Crippen LogP contribution < -0.4 is 15.0 Å². The van der Waals surface area contributed by atoms with Crippen LogP contribution in [0.15, 0.2) is 102 Å². The van der Waals surface area contributed by atoms with Gasteiger partial charge in [0, 0.05) is 15.8 Å². The highest BCUT2D eigenvalue weighted by molar-refractivity contribution is 9.10. The number of carbonyl (C=O) groups is 1. The Hall–Kier alpha value is -3.57. The Morgan fingerprint density at radius 2 is 1.61 bits per heavy atom. The van der Waals surface area contributed by atoms with Crippen molar-refractivity contribution in [2.75, 3.05) is 10.2 Å². The molecule has 0 saturated carbocycles. The molecule has 2 atom stereocenters. The molecule has 0 aliphatic carbocycles. The van der Waals surface area contributed by atoms with Crippen molar-refractivity contribution < 1.29 is 9.53 Å². The summed E-state index contributed by atoms with van der Waals surface area (Å²) in [4.78, 5) is 15.5. The third-order valence-electron chi connectivity index (χ3n) is 6.79. The van der Waals surface area contributed by atoms with Gasteiger partial charge in [0.15, 0.2) is 0 Å². The minimum Gasteiger partial charge on any atom is -0.489 e. The first-order valence-corrected chi connectivity index (χ1v) is 13.1. The number of hydrogen-bond donors (Lipinski definition) is 1. The van der Waals surface area contributed by atoms with E-state index in [1.54, 1.807) is 0 Å². The lowest BCUT2D eigenvalue weighted by molar-refractivity contribution is 0.0975. The smallest absolute Gasteiger partial charge is 0.262 e. The molecule has 4 nitrogen and oxygen atoms in total. The largest absolute Gasteiger partial charge is 0.489 e. The number of benzene rings is 4. The fourth-order valence-corrected chi connectivity index (χ4v) is 4.71. The van der Waals surface area contributed by atoms with Crippen LogP contribution in [0.4, 0.5) is 11.4 Å². The molecule has 5 heteroatoms. The maximum Gasteiger partial charge on any atom is 0.262 e. The number of hydrogen-bond acceptors (Lipinski definition) is 3. The lowest BCUT2D eigenvalue weighted by atomic mass is 9.97. The van der Waals surface area contributed by atoms with Crippen LogP contribution in [-0.4, -0.2) is 5.91 Å². The molecule has 0 saturated heterocycles. The average Bonchev–Trinajstić information content (AvgIpc) is 2.93. The Morgan fingerprint density at radius 3 is 2.31 bits per heavy atom. The Balaban J connectivity index is 1.42. The number of halogens is 1. The van der Waals surface area contributed by atoms with Crippen molar-refractivity contribution in [2.45, 2.75) is 39.0 Å². The Bertz CT molecular complexity index is 1330. The first kappa shape index (κ1) is 24.1. The first-order chi connectivity index (χ1) is 17.5. The van der Waals surface area contributed by atoms with Gasteiger partial charge in [0.25, 0.3) is 5.91 Å². The number of para-hydroxylation sites is 1. The number of rotatable bonds is 7. The quantitative estimate of drug-likeness (QED) is 0.256. The number of nitrogens with one attached hydrogen (secondary N) is 1. The second-order valence-corrected chi connectivity index (χ2v) is 10.1. The summed E-state index contributed by atoms with van der Waals surface area (Å²) in [6, 6.07) is 32.1. The molecule has 0 unspecified atom stereocenters. The van der Waals surface area contributed by atoms with Crippen molar-refractivity contribution in [1.29, 1.82) is 0 Å². The Labute approximate surface area is 221 Å². The highest BCUT2D eigenvalue weighted by atomic mass is 79.9. The van der Waals surface area contributed by atoms with Gasteiger partial charge in [0.2, 0.25) is 0 Å². The summed E-state index contributed by atoms with van der Waals surface area (Å²) in [7, 11) is 0. The lowest BCUT2D eigenvalue weighted by Gasteiger charge is -2.38. The van der Waals surface area contributed by atoms with Gasteiger partial charge < -0.3 is 10.1 Å². The molecular formula is C31H29BrN2O2. The van der Waals surface area contributed by atoms with E-state index in [0.29, 0.717) is 18.1 Å². The van der Waals surface area contributed by atoms with E-state index in [1.807, 2.05) is 77.7 Å². The molecule has 1 aliphatic rings. The van der Waals surface area contributed by atoms with Crippen LogP contribution in [0.3, 0.4) is 0 Å². The van der Waals surface area contributed by atoms with E-state index in [-0.39, 0.29) is 12.1 Å². The zero-order valence-electron chi connectivity index (χ0n) is 20.4. The molecule has 0 fully saturated rings. The SMILES string of the molecule is CC[C@@H](C)c1ccc(N2C(=O)c3ccccc3N[C@@H]2c2ccc(OCc3ccc(Br)cc3)cc2)cc1. The van der Waals surface area contributed by atoms with Gasteiger partial charge in [0.1, 0.15) is 18.5 Å². The summed E-state index contributed by atoms with van der Waals surface area (Å²) >= 11 is 3.46. The number of amides is 1. The van der Waals surface area contributed by atoms with Gasteiger partial charge in [0.05, 0.1) is 5.56 Å². The summed E-state index contributed by atoms with van der Waals surface area (Å²) in [5.74, 6) is 1.26. The molecule has 0 bridgehead atoms. The molecule has 1 N–H and O–H groups in total. The molecule has 1 aliphatic heterocycles. The number of fused-ring (bicyclic) bond motifs is 1. The van der Waals surface area contributed by atoms with Crippen LogP contribution in [-0.2, 0) is 6.61 Å². The highest BCUT2D eigenvalue weighted by Crippen LogP contribution is 2.37. The van der Waals surface area contributed by atoms with Crippen LogP contribution in [0.25, 0.3) is 0 Å². The molecule has 1 heterocycles. The van der Waals surface area contributed by atoms with E-state index >= 15 is 0 Å². The summed E-state index contributed by atoms with van der Waals surface area (Å²) < 4.78 is 7.04. The number of ether oxygens (including phenoxy) is 1. The first-order valence-electron chi connectivity index (χ1n) is 12.3. The number of anilines is 2. The van der Waals surface area contributed by atoms with Crippen LogP contribution in [0.2, 0.25) is 0 Å². The van der Waals surface area contributed by atoms with E-state index in [9.17, 15) is 4.79 Å². The average molecular weight is 541 g/mol. The molecule has 36 heavy (non-hydrogen) atoms. The monoisotopic (exact) mass is 540 g/mol. The van der Waals surface area contributed by atoms with Gasteiger partial charge >= 0.3 is 0 Å². The van der Waals surface area contributed by atoms with Gasteiger partial charge in [-0.05, 0) is 77.6 Å². The molecule has 5 rings (SSSR count). The minimum absolute atomic E-state index is 0.0128. The predicted molar refractivity (Wildman–Crippen MR) is 150 cm³/mol. The van der Waals surface area contributed by atoms with Crippen molar-refractivity contribution in [3.8, 4) is 5.75 Å². The zero-order valence-corrected chi connectivity index (χ0v) is 22.0. The van der Waals surface area contributed by atoms with Crippen molar-refractivity contribution in [3.63, 3.8) is 0 Å². The van der Waals surface area contributed by atoms with E-state index in [0.717, 1.165) is 39.1 Å². The second-order valence-electron chi connectivity index (χ2n) is 9.15. The minimum atomic E-state index is -0.331. The van der Waals surface area contributed by atoms with E-state index in [2.05, 4.69) is 59.4 Å². The van der Waals surface area contributed by atoms with Crippen molar-refractivity contribution in [3.05, 3.63) is 124 Å². The Kier molecular flexibility index (Phi) is 7.10. The number of carbonyl (C=O) groups excluding carboxylic acids is 1. The van der Waals surface area contributed by atoms with E-state index in [4.69, 9.17) is 4.74 Å². The maximum atomic E-state index is 13.7. The van der Waals surface area contributed by atoms with Crippen LogP contribution in [0, 0.1) is 0 Å². The van der Waals surface area contributed by atoms with Crippen molar-refractivity contribution >= 4 is 33.2 Å². The standard InChI is InChI=1S/C31H29BrN2O2/c1-3-21(2)23-10-16-26(17-11-23)34-30(33-29-7-5-4-6-28(29)31(34)35)24-12-18-27(19-13-24)36-20-22-8-14-25(32)15-9-22/h4-19,21,30,33H,3,20H2,1-2H3/t21-,30+/m1/s1. The Morgan fingerprint density at radius 1 is 0.917 bits per heavy atom. The normalized spacial score (nSPS) is 15.7. The van der Waals surface area contributed by atoms with Gasteiger partial charge in [-0.3, -0.25) is 9.69 Å². The highest BCUT2D eigenvalue weighted by Gasteiger charge is 2.34. The molecular weight excluding hydrogens is 512 g/mol. The summed E-state index contributed by atoms with van der Waals surface area (Å²) in [6.45, 7) is 4.91. The third kappa shape index (κ3) is 5.02. The molecule has 4 aromatic carbocycles. The van der Waals surface area contributed by atoms with Crippen molar-refractivity contribution in [1.82, 2.24) is 0 Å². The topological polar surface area (TPSA) is 41.6 Å². The van der Waals surface area contributed by atoms with Crippen LogP contribution >= 0.6 is 15.9 Å². The summed E-state index contributed by atoms with van der Waals surface area (Å²) in [5, 5.41) is 3.58. The van der Waals surface area contributed by atoms with E-state index in [1.165, 1.54) is 5.56 Å². The zero-order chi connectivity index (χ0) is 25.1. The molecule has 1 amide bonds. The molecule has 182 valence electrons. The molecule has 0 spiro atoms. The fourth-order valence-electron chi connectivity index (χ4n) is 4.45. The van der Waals surface area contributed by atoms with Crippen LogP contribution in [0.5, 0.6) is 5.75 Å². The number of nitrogens with zero attached hydrogens (tertiary/aromatic N) is 1. The third-order valence-corrected chi connectivity index (χ3v) is 7.32. The van der Waals surface area contributed by atoms with Gasteiger partial charge in [-0.25, -0.2) is 0 Å². The predicted octanol–water partition coefficient (Wildman–Crippen LogP) is 8.31. The molecule has 0 radical (unpaired) electrons. The second kappa shape index (κ2) is 10.6. The fraction of sp³-hybridized carbons (Fsp3) is 0.194. The summed E-state index contributed by atoms with van der Waals surface area (Å²) in [6.07, 6.45) is 0.748. The summed E-state index contributed by atoms with van der Waals surface area (Å²) in [5.41, 5.74) is 5.76. The molecule has 4 aromatic rings. The maximum absolute atomic E-state index is 13.7. The van der Waals surface area contributed by atoms with Gasteiger partial charge in [-0.15, -0.1) is 0 Å². The van der Waals surface area contributed by atoms with Crippen LogP contribution in [0.1, 0.15) is 59.4 Å². The van der Waals surface area contributed by atoms with E-state index < -0.39 is 0 Å². The molecule has 0 aromatic heterocycles. The van der Waals surface area contributed by atoms with Gasteiger partial charge in [-0.2, -0.15) is 0 Å². The van der Waals surface area contributed by atoms with Crippen molar-refractivity contribution in [2.24, 2.45) is 0 Å². The lowest BCUT2D eigenvalue weighted by Crippen LogP contribution is -2.43.